The summed E-state index contributed by atoms with van der Waals surface area (Å²) >= 11 is 0. The third-order valence-electron chi connectivity index (χ3n) is 2.25. The monoisotopic (exact) mass is 214 g/mol. The van der Waals surface area contributed by atoms with Crippen LogP contribution in [0.3, 0.4) is 0 Å². The van der Waals surface area contributed by atoms with Gasteiger partial charge >= 0.3 is 0 Å². The van der Waals surface area contributed by atoms with Gasteiger partial charge in [0.25, 0.3) is 0 Å². The first-order chi connectivity index (χ1) is 7.75. The van der Waals surface area contributed by atoms with Crippen molar-refractivity contribution in [3.63, 3.8) is 0 Å². The lowest BCUT2D eigenvalue weighted by Crippen LogP contribution is -2.04. The minimum Gasteiger partial charge on any atom is -0.456 e. The van der Waals surface area contributed by atoms with Gasteiger partial charge in [0.1, 0.15) is 11.5 Å². The van der Waals surface area contributed by atoms with Crippen LogP contribution in [0.5, 0.6) is 11.5 Å². The van der Waals surface area contributed by atoms with Crippen LogP contribution >= 0.6 is 0 Å². The van der Waals surface area contributed by atoms with Crippen LogP contribution < -0.4 is 10.5 Å². The Balaban J connectivity index is 2.19. The van der Waals surface area contributed by atoms with Gasteiger partial charge in [-0.1, -0.05) is 12.1 Å². The van der Waals surface area contributed by atoms with Gasteiger partial charge in [0.15, 0.2) is 0 Å². The van der Waals surface area contributed by atoms with E-state index < -0.39 is 0 Å². The van der Waals surface area contributed by atoms with Crippen LogP contribution in [0.2, 0.25) is 0 Å². The summed E-state index contributed by atoms with van der Waals surface area (Å²) in [6, 6.07) is 11.5. The van der Waals surface area contributed by atoms with Crippen LogP contribution in [0.4, 0.5) is 0 Å². The number of hydrogen-bond acceptors (Lipinski definition) is 3. The molecule has 2 N–H and O–H groups in total. The average Bonchev–Trinajstić information content (AvgIpc) is 2.30. The molecule has 0 aliphatic carbocycles. The summed E-state index contributed by atoms with van der Waals surface area (Å²) in [6.07, 6.45) is 3.39. The number of hydrogen-bond donors (Lipinski definition) is 1. The van der Waals surface area contributed by atoms with Crippen LogP contribution in [-0.2, 0) is 0 Å². The predicted molar refractivity (Wildman–Crippen MR) is 63.4 cm³/mol. The Hall–Kier alpha value is -1.87. The van der Waals surface area contributed by atoms with Gasteiger partial charge in [-0.15, -0.1) is 0 Å². The van der Waals surface area contributed by atoms with Gasteiger partial charge < -0.3 is 10.5 Å². The van der Waals surface area contributed by atoms with E-state index in [1.165, 1.54) is 0 Å². The Bertz CT molecular complexity index is 454. The second-order valence-corrected chi connectivity index (χ2v) is 3.65. The highest BCUT2D eigenvalue weighted by molar-refractivity contribution is 5.33. The molecule has 82 valence electrons. The third kappa shape index (κ3) is 2.58. The molecule has 0 amide bonds. The summed E-state index contributed by atoms with van der Waals surface area (Å²) < 4.78 is 5.65. The first-order valence-corrected chi connectivity index (χ1v) is 5.19. The minimum absolute atomic E-state index is 0.0115. The molecule has 0 spiro atoms. The lowest BCUT2D eigenvalue weighted by Gasteiger charge is -2.09. The van der Waals surface area contributed by atoms with Gasteiger partial charge in [-0.3, -0.25) is 4.98 Å². The molecule has 0 unspecified atom stereocenters. The van der Waals surface area contributed by atoms with Crippen molar-refractivity contribution in [2.75, 3.05) is 0 Å². The second-order valence-electron chi connectivity index (χ2n) is 3.65. The normalized spacial score (nSPS) is 12.1. The molecule has 0 bridgehead atoms. The van der Waals surface area contributed by atoms with Gasteiger partial charge in [-0.05, 0) is 36.8 Å². The molecule has 0 saturated heterocycles. The maximum Gasteiger partial charge on any atom is 0.145 e. The number of pyridine rings is 1. The average molecular weight is 214 g/mol. The Morgan fingerprint density at radius 3 is 2.69 bits per heavy atom. The summed E-state index contributed by atoms with van der Waals surface area (Å²) in [5.41, 5.74) is 6.86. The first kappa shape index (κ1) is 10.6. The van der Waals surface area contributed by atoms with E-state index in [4.69, 9.17) is 10.5 Å². The summed E-state index contributed by atoms with van der Waals surface area (Å²) in [5.74, 6) is 1.51. The first-order valence-electron chi connectivity index (χ1n) is 5.19. The number of ether oxygens (including phenoxy) is 1. The van der Waals surface area contributed by atoms with E-state index in [0.29, 0.717) is 0 Å². The highest BCUT2D eigenvalue weighted by Gasteiger charge is 2.02. The van der Waals surface area contributed by atoms with Gasteiger partial charge in [0.05, 0.1) is 6.20 Å². The molecule has 0 aliphatic rings. The van der Waals surface area contributed by atoms with E-state index in [9.17, 15) is 0 Å². The Morgan fingerprint density at radius 1 is 1.19 bits per heavy atom. The topological polar surface area (TPSA) is 48.1 Å². The van der Waals surface area contributed by atoms with E-state index in [1.807, 2.05) is 43.3 Å². The number of nitrogens with two attached hydrogens (primary N) is 1. The molecular weight excluding hydrogens is 200 g/mol. The molecule has 1 aromatic heterocycles. The van der Waals surface area contributed by atoms with Crippen molar-refractivity contribution in [3.05, 3.63) is 54.4 Å². The number of benzene rings is 1. The largest absolute Gasteiger partial charge is 0.456 e. The Kier molecular flexibility index (Phi) is 3.17. The highest BCUT2D eigenvalue weighted by Crippen LogP contribution is 2.22. The van der Waals surface area contributed by atoms with Crippen molar-refractivity contribution in [3.8, 4) is 11.5 Å². The second kappa shape index (κ2) is 4.77. The van der Waals surface area contributed by atoms with Crippen molar-refractivity contribution in [1.82, 2.24) is 4.98 Å². The molecular formula is C13H14N2O. The molecule has 3 heteroatoms. The molecule has 0 radical (unpaired) electrons. The maximum absolute atomic E-state index is 5.81. The molecule has 1 heterocycles. The van der Waals surface area contributed by atoms with E-state index in [1.54, 1.807) is 12.4 Å². The molecule has 2 rings (SSSR count). The fraction of sp³-hybridized carbons (Fsp3) is 0.154. The Morgan fingerprint density at radius 2 is 2.00 bits per heavy atom. The lowest BCUT2D eigenvalue weighted by atomic mass is 10.1. The van der Waals surface area contributed by atoms with Crippen LogP contribution in [0.15, 0.2) is 48.8 Å². The maximum atomic E-state index is 5.81. The predicted octanol–water partition coefficient (Wildman–Crippen LogP) is 2.89. The van der Waals surface area contributed by atoms with Crippen molar-refractivity contribution in [1.29, 1.82) is 0 Å². The van der Waals surface area contributed by atoms with E-state index in [2.05, 4.69) is 4.98 Å². The lowest BCUT2D eigenvalue weighted by molar-refractivity contribution is 0.479. The van der Waals surface area contributed by atoms with Crippen molar-refractivity contribution in [2.45, 2.75) is 13.0 Å². The zero-order valence-electron chi connectivity index (χ0n) is 9.13. The van der Waals surface area contributed by atoms with E-state index >= 15 is 0 Å². The standard InChI is InChI=1S/C13H14N2O/c1-10(14)11-4-2-5-12(8-11)16-13-6-3-7-15-9-13/h2-10H,14H2,1H3/t10-/m0/s1. The van der Waals surface area contributed by atoms with Crippen LogP contribution in [0.25, 0.3) is 0 Å². The fourth-order valence-electron chi connectivity index (χ4n) is 1.40. The van der Waals surface area contributed by atoms with Gasteiger partial charge in [-0.25, -0.2) is 0 Å². The van der Waals surface area contributed by atoms with Crippen LogP contribution in [0.1, 0.15) is 18.5 Å². The van der Waals surface area contributed by atoms with E-state index in [-0.39, 0.29) is 6.04 Å². The summed E-state index contributed by atoms with van der Waals surface area (Å²) in [6.45, 7) is 1.95. The number of aromatic nitrogens is 1. The fourth-order valence-corrected chi connectivity index (χ4v) is 1.40. The van der Waals surface area contributed by atoms with Crippen molar-refractivity contribution in [2.24, 2.45) is 5.73 Å². The summed E-state index contributed by atoms with van der Waals surface area (Å²) in [5, 5.41) is 0. The van der Waals surface area contributed by atoms with Gasteiger partial charge in [-0.2, -0.15) is 0 Å². The zero-order valence-corrected chi connectivity index (χ0v) is 9.13. The zero-order chi connectivity index (χ0) is 11.4. The van der Waals surface area contributed by atoms with Crippen LogP contribution in [-0.4, -0.2) is 4.98 Å². The third-order valence-corrected chi connectivity index (χ3v) is 2.25. The SMILES string of the molecule is C[C@H](N)c1cccc(Oc2cccnc2)c1. The summed E-state index contributed by atoms with van der Waals surface area (Å²) in [4.78, 5) is 3.99. The summed E-state index contributed by atoms with van der Waals surface area (Å²) in [7, 11) is 0. The molecule has 2 aromatic rings. The molecule has 1 aromatic carbocycles. The number of nitrogens with zero attached hydrogens (tertiary/aromatic N) is 1. The molecule has 1 atom stereocenters. The smallest absolute Gasteiger partial charge is 0.145 e. The molecule has 0 fully saturated rings. The van der Waals surface area contributed by atoms with Gasteiger partial charge in [0.2, 0.25) is 0 Å². The van der Waals surface area contributed by atoms with Crippen molar-refractivity contribution < 1.29 is 4.74 Å². The molecule has 3 nitrogen and oxygen atoms in total. The molecule has 16 heavy (non-hydrogen) atoms. The van der Waals surface area contributed by atoms with Crippen molar-refractivity contribution >= 4 is 0 Å². The van der Waals surface area contributed by atoms with Gasteiger partial charge in [0, 0.05) is 12.2 Å². The minimum atomic E-state index is 0.0115. The van der Waals surface area contributed by atoms with Crippen LogP contribution in [0, 0.1) is 0 Å². The molecule has 0 saturated carbocycles. The number of rotatable bonds is 3. The Labute approximate surface area is 94.9 Å². The highest BCUT2D eigenvalue weighted by atomic mass is 16.5. The quantitative estimate of drug-likeness (QED) is 0.854. The van der Waals surface area contributed by atoms with E-state index in [0.717, 1.165) is 17.1 Å². The molecule has 0 aliphatic heterocycles.